The number of rotatable bonds is 0. The Kier molecular flexibility index (Phi) is 1.38. The smallest absolute Gasteiger partial charge is 0.177 e. The minimum Gasteiger partial charge on any atom is -0.337 e. The lowest BCUT2D eigenvalue weighted by molar-refractivity contribution is 0.527. The molecule has 0 saturated heterocycles. The number of hydrogen-bond donors (Lipinski definition) is 1. The fourth-order valence-electron chi connectivity index (χ4n) is 1.46. The van der Waals surface area contributed by atoms with Crippen molar-refractivity contribution < 1.29 is 0 Å². The Hall–Kier alpha value is -0.570. The maximum atomic E-state index is 5.08. The Morgan fingerprint density at radius 3 is 3.20 bits per heavy atom. The number of imidazole rings is 1. The minimum atomic E-state index is 0.884. The molecule has 0 bridgehead atoms. The number of aromatic nitrogens is 2. The highest BCUT2D eigenvalue weighted by atomic mass is 32.1. The molecule has 54 valence electrons. The van der Waals surface area contributed by atoms with Gasteiger partial charge in [0.05, 0.1) is 0 Å². The Labute approximate surface area is 64.9 Å². The van der Waals surface area contributed by atoms with E-state index >= 15 is 0 Å². The van der Waals surface area contributed by atoms with E-state index in [0.717, 1.165) is 11.3 Å². The normalized spacial score (nSPS) is 16.8. The standard InChI is InChI=1S/C7H10N2S/c10-7-8-5-6-3-1-2-4-9(6)7/h5H,1-4H2,(H,8,10). The van der Waals surface area contributed by atoms with Gasteiger partial charge in [-0.1, -0.05) is 0 Å². The van der Waals surface area contributed by atoms with Crippen LogP contribution in [0.3, 0.4) is 0 Å². The van der Waals surface area contributed by atoms with Gasteiger partial charge in [0.15, 0.2) is 4.77 Å². The van der Waals surface area contributed by atoms with E-state index in [4.69, 9.17) is 12.2 Å². The Morgan fingerprint density at radius 2 is 2.40 bits per heavy atom. The lowest BCUT2D eigenvalue weighted by Crippen LogP contribution is -2.08. The van der Waals surface area contributed by atoms with Crippen LogP contribution in [-0.4, -0.2) is 9.55 Å². The van der Waals surface area contributed by atoms with Gasteiger partial charge in [-0.15, -0.1) is 0 Å². The van der Waals surface area contributed by atoms with E-state index in [9.17, 15) is 0 Å². The van der Waals surface area contributed by atoms with Crippen molar-refractivity contribution >= 4 is 12.2 Å². The van der Waals surface area contributed by atoms with Crippen molar-refractivity contribution in [2.24, 2.45) is 0 Å². The van der Waals surface area contributed by atoms with E-state index in [1.165, 1.54) is 25.0 Å². The zero-order chi connectivity index (χ0) is 6.97. The lowest BCUT2D eigenvalue weighted by atomic mass is 10.1. The number of hydrogen-bond acceptors (Lipinski definition) is 1. The van der Waals surface area contributed by atoms with Crippen LogP contribution >= 0.6 is 12.2 Å². The van der Waals surface area contributed by atoms with Crippen LogP contribution in [0.5, 0.6) is 0 Å². The van der Waals surface area contributed by atoms with E-state index in [-0.39, 0.29) is 0 Å². The third kappa shape index (κ3) is 0.814. The molecular weight excluding hydrogens is 144 g/mol. The Balaban J connectivity index is 2.55. The van der Waals surface area contributed by atoms with Crippen LogP contribution in [0, 0.1) is 4.77 Å². The van der Waals surface area contributed by atoms with Crippen molar-refractivity contribution in [2.45, 2.75) is 25.8 Å². The van der Waals surface area contributed by atoms with Gasteiger partial charge in [0.2, 0.25) is 0 Å². The number of fused-ring (bicyclic) bond motifs is 1. The average molecular weight is 154 g/mol. The van der Waals surface area contributed by atoms with E-state index in [1.54, 1.807) is 0 Å². The van der Waals surface area contributed by atoms with Crippen molar-refractivity contribution in [1.29, 1.82) is 0 Å². The summed E-state index contributed by atoms with van der Waals surface area (Å²) in [6.07, 6.45) is 5.81. The van der Waals surface area contributed by atoms with E-state index in [2.05, 4.69) is 9.55 Å². The number of nitrogens with one attached hydrogen (secondary N) is 1. The van der Waals surface area contributed by atoms with Crippen molar-refractivity contribution in [3.05, 3.63) is 16.7 Å². The van der Waals surface area contributed by atoms with Gasteiger partial charge in [0.1, 0.15) is 0 Å². The van der Waals surface area contributed by atoms with Gasteiger partial charge in [-0.2, -0.15) is 0 Å². The number of H-pyrrole nitrogens is 1. The number of aryl methyl sites for hydroxylation is 1. The molecule has 0 saturated carbocycles. The molecule has 0 unspecified atom stereocenters. The SMILES string of the molecule is S=c1[nH]cc2n1CCCC2. The topological polar surface area (TPSA) is 20.7 Å². The molecule has 1 aliphatic rings. The van der Waals surface area contributed by atoms with Gasteiger partial charge in [-0.25, -0.2) is 0 Å². The first-order chi connectivity index (χ1) is 4.88. The third-order valence-electron chi connectivity index (χ3n) is 2.02. The highest BCUT2D eigenvalue weighted by molar-refractivity contribution is 7.71. The van der Waals surface area contributed by atoms with Crippen LogP contribution in [0.25, 0.3) is 0 Å². The summed E-state index contributed by atoms with van der Waals surface area (Å²) in [6, 6.07) is 0. The quantitative estimate of drug-likeness (QED) is 0.566. The average Bonchev–Trinajstić information content (AvgIpc) is 2.34. The monoisotopic (exact) mass is 154 g/mol. The second kappa shape index (κ2) is 2.23. The molecule has 0 atom stereocenters. The predicted octanol–water partition coefficient (Wildman–Crippen LogP) is 1.88. The van der Waals surface area contributed by atoms with Crippen LogP contribution < -0.4 is 0 Å². The third-order valence-corrected chi connectivity index (χ3v) is 2.36. The molecule has 0 aromatic carbocycles. The van der Waals surface area contributed by atoms with Gasteiger partial charge in [-0.3, -0.25) is 0 Å². The summed E-state index contributed by atoms with van der Waals surface area (Å²) in [4.78, 5) is 3.06. The molecule has 0 radical (unpaired) electrons. The molecular formula is C7H10N2S. The van der Waals surface area contributed by atoms with Crippen LogP contribution in [-0.2, 0) is 13.0 Å². The highest BCUT2D eigenvalue weighted by Gasteiger charge is 2.07. The van der Waals surface area contributed by atoms with Gasteiger partial charge in [-0.05, 0) is 31.5 Å². The maximum Gasteiger partial charge on any atom is 0.177 e. The molecule has 3 heteroatoms. The van der Waals surface area contributed by atoms with Crippen LogP contribution in [0.1, 0.15) is 18.5 Å². The zero-order valence-corrected chi connectivity index (χ0v) is 6.58. The molecule has 2 nitrogen and oxygen atoms in total. The van der Waals surface area contributed by atoms with Gasteiger partial charge in [0, 0.05) is 18.4 Å². The molecule has 2 rings (SSSR count). The molecule has 0 amide bonds. The van der Waals surface area contributed by atoms with Gasteiger partial charge in [0.25, 0.3) is 0 Å². The summed E-state index contributed by atoms with van der Waals surface area (Å²) in [7, 11) is 0. The zero-order valence-electron chi connectivity index (χ0n) is 5.76. The Bertz CT molecular complexity index is 284. The summed E-state index contributed by atoms with van der Waals surface area (Å²) in [5, 5.41) is 0. The van der Waals surface area contributed by atoms with Crippen molar-refractivity contribution in [3.8, 4) is 0 Å². The second-order valence-electron chi connectivity index (χ2n) is 2.69. The van der Waals surface area contributed by atoms with Crippen molar-refractivity contribution in [1.82, 2.24) is 9.55 Å². The number of nitrogens with zero attached hydrogens (tertiary/aromatic N) is 1. The molecule has 1 aromatic rings. The lowest BCUT2D eigenvalue weighted by Gasteiger charge is -2.12. The summed E-state index contributed by atoms with van der Waals surface area (Å²) in [5.74, 6) is 0. The van der Waals surface area contributed by atoms with Crippen molar-refractivity contribution in [2.75, 3.05) is 0 Å². The number of aromatic amines is 1. The second-order valence-corrected chi connectivity index (χ2v) is 3.08. The first-order valence-electron chi connectivity index (χ1n) is 3.65. The molecule has 1 N–H and O–H groups in total. The fraction of sp³-hybridized carbons (Fsp3) is 0.571. The Morgan fingerprint density at radius 1 is 1.50 bits per heavy atom. The predicted molar refractivity (Wildman–Crippen MR) is 42.6 cm³/mol. The van der Waals surface area contributed by atoms with Gasteiger partial charge < -0.3 is 9.55 Å². The highest BCUT2D eigenvalue weighted by Crippen LogP contribution is 2.13. The summed E-state index contributed by atoms with van der Waals surface area (Å²) in [6.45, 7) is 1.11. The molecule has 0 fully saturated rings. The summed E-state index contributed by atoms with van der Waals surface area (Å²) < 4.78 is 3.08. The fourth-order valence-corrected chi connectivity index (χ4v) is 1.73. The maximum absolute atomic E-state index is 5.08. The first kappa shape index (κ1) is 6.16. The van der Waals surface area contributed by atoms with Crippen molar-refractivity contribution in [3.63, 3.8) is 0 Å². The summed E-state index contributed by atoms with van der Waals surface area (Å²) >= 11 is 5.08. The van der Waals surface area contributed by atoms with E-state index in [0.29, 0.717) is 0 Å². The molecule has 10 heavy (non-hydrogen) atoms. The van der Waals surface area contributed by atoms with E-state index in [1.807, 2.05) is 6.20 Å². The molecule has 2 heterocycles. The van der Waals surface area contributed by atoms with Crippen LogP contribution in [0.4, 0.5) is 0 Å². The van der Waals surface area contributed by atoms with Crippen LogP contribution in [0.2, 0.25) is 0 Å². The largest absolute Gasteiger partial charge is 0.337 e. The molecule has 0 aliphatic carbocycles. The molecule has 0 spiro atoms. The summed E-state index contributed by atoms with van der Waals surface area (Å²) in [5.41, 5.74) is 1.37. The van der Waals surface area contributed by atoms with Gasteiger partial charge >= 0.3 is 0 Å². The van der Waals surface area contributed by atoms with Crippen LogP contribution in [0.15, 0.2) is 6.20 Å². The minimum absolute atomic E-state index is 0.884. The van der Waals surface area contributed by atoms with E-state index < -0.39 is 0 Å². The molecule has 1 aromatic heterocycles. The molecule has 1 aliphatic heterocycles. The first-order valence-corrected chi connectivity index (χ1v) is 4.06.